The molecule has 9 unspecified atom stereocenters. The molecule has 0 aromatic heterocycles. The van der Waals surface area contributed by atoms with Gasteiger partial charge in [0.05, 0.1) is 11.7 Å². The van der Waals surface area contributed by atoms with E-state index in [0.29, 0.717) is 25.0 Å². The Morgan fingerprint density at radius 2 is 1.74 bits per heavy atom. The zero-order valence-electron chi connectivity index (χ0n) is 25.2. The van der Waals surface area contributed by atoms with Crippen molar-refractivity contribution in [2.75, 3.05) is 0 Å². The fourth-order valence-electron chi connectivity index (χ4n) is 10.1. The average molecular weight is 533 g/mol. The van der Waals surface area contributed by atoms with Crippen LogP contribution in [0, 0.1) is 39.4 Å². The maximum Gasteiger partial charge on any atom is 0.302 e. The number of allylic oxidation sites excluding steroid dienone is 1. The number of fused-ring (bicyclic) bond motifs is 5. The smallest absolute Gasteiger partial charge is 0.302 e. The van der Waals surface area contributed by atoms with Crippen LogP contribution in [-0.4, -0.2) is 51.0 Å². The van der Waals surface area contributed by atoms with Gasteiger partial charge in [-0.3, -0.25) is 9.59 Å². The summed E-state index contributed by atoms with van der Waals surface area (Å²) in [5.41, 5.74) is 0.711. The average Bonchev–Trinajstić information content (AvgIpc) is 3.12. The van der Waals surface area contributed by atoms with Gasteiger partial charge in [-0.1, -0.05) is 52.7 Å². The zero-order chi connectivity index (χ0) is 28.6. The van der Waals surface area contributed by atoms with E-state index in [4.69, 9.17) is 4.74 Å². The van der Waals surface area contributed by atoms with Gasteiger partial charge >= 0.3 is 5.97 Å². The standard InChI is InChI=1S/C32H52O6/c1-18(16-23(38-19(2)33)27(36)29(5,6)37)20-10-14-31(8)21(20)17-22(34)26-30(7)13-12-25(35)28(3,4)24(30)11-15-32(26,31)9/h18,22-24,26-27,34,36-37H,10-17H2,1-9H3. The lowest BCUT2D eigenvalue weighted by Gasteiger charge is -2.69. The summed E-state index contributed by atoms with van der Waals surface area (Å²) in [4.78, 5) is 24.8. The van der Waals surface area contributed by atoms with Crippen LogP contribution in [0.2, 0.25) is 0 Å². The third-order valence-corrected chi connectivity index (χ3v) is 12.2. The van der Waals surface area contributed by atoms with E-state index < -0.39 is 29.9 Å². The molecule has 0 bridgehead atoms. The first kappa shape index (κ1) is 29.7. The summed E-state index contributed by atoms with van der Waals surface area (Å²) in [5, 5.41) is 33.1. The molecule has 4 rings (SSSR count). The maximum absolute atomic E-state index is 12.9. The number of ketones is 1. The second-order valence-corrected chi connectivity index (χ2v) is 15.1. The molecule has 0 aliphatic heterocycles. The molecule has 0 heterocycles. The molecule has 0 saturated heterocycles. The Morgan fingerprint density at radius 3 is 2.32 bits per heavy atom. The van der Waals surface area contributed by atoms with Crippen LogP contribution < -0.4 is 0 Å². The summed E-state index contributed by atoms with van der Waals surface area (Å²) in [6.07, 6.45) is 4.01. The van der Waals surface area contributed by atoms with Gasteiger partial charge in [-0.05, 0) is 92.8 Å². The van der Waals surface area contributed by atoms with Gasteiger partial charge in [0.1, 0.15) is 18.0 Å². The van der Waals surface area contributed by atoms with E-state index in [1.54, 1.807) is 0 Å². The van der Waals surface area contributed by atoms with Crippen LogP contribution in [0.4, 0.5) is 0 Å². The molecule has 6 heteroatoms. The number of ether oxygens (including phenoxy) is 1. The van der Waals surface area contributed by atoms with Crippen LogP contribution >= 0.6 is 0 Å². The summed E-state index contributed by atoms with van der Waals surface area (Å²) in [6.45, 7) is 17.9. The van der Waals surface area contributed by atoms with Crippen LogP contribution in [0.3, 0.4) is 0 Å². The molecule has 216 valence electrons. The van der Waals surface area contributed by atoms with Crippen LogP contribution in [0.1, 0.15) is 114 Å². The van der Waals surface area contributed by atoms with Crippen molar-refractivity contribution < 1.29 is 29.6 Å². The van der Waals surface area contributed by atoms with E-state index in [1.807, 2.05) is 0 Å². The van der Waals surface area contributed by atoms with Gasteiger partial charge < -0.3 is 20.1 Å². The van der Waals surface area contributed by atoms with Gasteiger partial charge in [0.15, 0.2) is 0 Å². The molecule has 4 aliphatic carbocycles. The Kier molecular flexibility index (Phi) is 7.36. The van der Waals surface area contributed by atoms with Gasteiger partial charge in [-0.25, -0.2) is 0 Å². The zero-order valence-corrected chi connectivity index (χ0v) is 25.2. The molecule has 0 amide bonds. The molecule has 38 heavy (non-hydrogen) atoms. The largest absolute Gasteiger partial charge is 0.460 e. The Bertz CT molecular complexity index is 1010. The lowest BCUT2D eigenvalue weighted by molar-refractivity contribution is -0.208. The quantitative estimate of drug-likeness (QED) is 0.314. The third-order valence-electron chi connectivity index (χ3n) is 12.2. The van der Waals surface area contributed by atoms with Crippen molar-refractivity contribution in [3.05, 3.63) is 11.1 Å². The number of aliphatic hydroxyl groups excluding tert-OH is 2. The number of hydrogen-bond donors (Lipinski definition) is 3. The van der Waals surface area contributed by atoms with Gasteiger partial charge in [-0.15, -0.1) is 0 Å². The number of esters is 1. The fourth-order valence-corrected chi connectivity index (χ4v) is 10.1. The second-order valence-electron chi connectivity index (χ2n) is 15.1. The van der Waals surface area contributed by atoms with E-state index in [2.05, 4.69) is 41.5 Å². The second kappa shape index (κ2) is 9.41. The Balaban J connectivity index is 1.68. The SMILES string of the molecule is CC(=O)OC(CC(C)C1=C2CC(O)C3C4(C)CCC(=O)C(C)(C)C4CCC3(C)C2(C)CC1)C(O)C(C)(C)O. The highest BCUT2D eigenvalue weighted by atomic mass is 16.6. The third kappa shape index (κ3) is 4.32. The minimum absolute atomic E-state index is 0.0405. The van der Waals surface area contributed by atoms with Gasteiger partial charge in [0.2, 0.25) is 0 Å². The van der Waals surface area contributed by atoms with E-state index in [1.165, 1.54) is 31.9 Å². The normalized spacial score (nSPS) is 41.1. The van der Waals surface area contributed by atoms with Crippen LogP contribution in [0.15, 0.2) is 11.1 Å². The number of aliphatic hydroxyl groups is 3. The Labute approximate surface area is 229 Å². The Hall–Kier alpha value is -1.24. The minimum Gasteiger partial charge on any atom is -0.460 e. The van der Waals surface area contributed by atoms with E-state index in [9.17, 15) is 24.9 Å². The van der Waals surface area contributed by atoms with Crippen molar-refractivity contribution in [3.63, 3.8) is 0 Å². The molecule has 0 aromatic rings. The molecule has 0 spiro atoms. The van der Waals surface area contributed by atoms with Gasteiger partial charge in [0.25, 0.3) is 0 Å². The van der Waals surface area contributed by atoms with E-state index >= 15 is 0 Å². The van der Waals surface area contributed by atoms with Crippen LogP contribution in [0.25, 0.3) is 0 Å². The Morgan fingerprint density at radius 1 is 1.11 bits per heavy atom. The molecule has 3 fully saturated rings. The first-order valence-corrected chi connectivity index (χ1v) is 14.8. The number of carbonyl (C=O) groups is 2. The predicted molar refractivity (Wildman–Crippen MR) is 147 cm³/mol. The lowest BCUT2D eigenvalue weighted by Crippen LogP contribution is -2.65. The minimum atomic E-state index is -1.40. The van der Waals surface area contributed by atoms with Crippen molar-refractivity contribution in [2.45, 2.75) is 138 Å². The maximum atomic E-state index is 12.9. The highest BCUT2D eigenvalue weighted by Crippen LogP contribution is 2.74. The summed E-state index contributed by atoms with van der Waals surface area (Å²) in [7, 11) is 0. The summed E-state index contributed by atoms with van der Waals surface area (Å²) >= 11 is 0. The van der Waals surface area contributed by atoms with Crippen LogP contribution in [-0.2, 0) is 14.3 Å². The first-order valence-electron chi connectivity index (χ1n) is 14.8. The summed E-state index contributed by atoms with van der Waals surface area (Å²) in [6, 6.07) is 0. The van der Waals surface area contributed by atoms with Gasteiger partial charge in [0, 0.05) is 18.8 Å². The van der Waals surface area contributed by atoms with Crippen molar-refractivity contribution >= 4 is 11.8 Å². The molecule has 9 atom stereocenters. The number of Topliss-reactive ketones (excluding diaryl/α,β-unsaturated/α-hetero) is 1. The van der Waals surface area contributed by atoms with Crippen molar-refractivity contribution in [1.29, 1.82) is 0 Å². The summed E-state index contributed by atoms with van der Waals surface area (Å²) in [5.74, 6) is 0.356. The number of carbonyl (C=O) groups excluding carboxylic acids is 2. The number of rotatable bonds is 6. The molecule has 0 radical (unpaired) electrons. The summed E-state index contributed by atoms with van der Waals surface area (Å²) < 4.78 is 5.51. The van der Waals surface area contributed by atoms with E-state index in [-0.39, 0.29) is 39.4 Å². The van der Waals surface area contributed by atoms with Crippen molar-refractivity contribution in [2.24, 2.45) is 39.4 Å². The molecular formula is C32H52O6. The van der Waals surface area contributed by atoms with Crippen LogP contribution in [0.5, 0.6) is 0 Å². The molecule has 3 N–H and O–H groups in total. The fraction of sp³-hybridized carbons (Fsp3) is 0.875. The molecule has 0 aromatic carbocycles. The predicted octanol–water partition coefficient (Wildman–Crippen LogP) is 5.37. The van der Waals surface area contributed by atoms with Gasteiger partial charge in [-0.2, -0.15) is 0 Å². The van der Waals surface area contributed by atoms with Crippen molar-refractivity contribution in [3.8, 4) is 0 Å². The molecule has 3 saturated carbocycles. The molecule has 4 aliphatic rings. The number of hydrogen-bond acceptors (Lipinski definition) is 6. The van der Waals surface area contributed by atoms with E-state index in [0.717, 1.165) is 32.1 Å². The topological polar surface area (TPSA) is 104 Å². The lowest BCUT2D eigenvalue weighted by atomic mass is 9.36. The van der Waals surface area contributed by atoms with Crippen molar-refractivity contribution in [1.82, 2.24) is 0 Å². The monoisotopic (exact) mass is 532 g/mol. The molecule has 6 nitrogen and oxygen atoms in total. The first-order chi connectivity index (χ1) is 17.3. The highest BCUT2D eigenvalue weighted by molar-refractivity contribution is 5.85. The molecular weight excluding hydrogens is 480 g/mol. The highest BCUT2D eigenvalue weighted by Gasteiger charge is 2.69.